The van der Waals surface area contributed by atoms with Crippen LogP contribution in [0.4, 0.5) is 0 Å². The van der Waals surface area contributed by atoms with Gasteiger partial charge in [0.25, 0.3) is 0 Å². The molecule has 0 aliphatic rings. The van der Waals surface area contributed by atoms with Crippen LogP contribution in [0.25, 0.3) is 0 Å². The average molecular weight is 262 g/mol. The Labute approximate surface area is 116 Å². The number of nitrogens with two attached hydrogens (primary N) is 1. The SMILES string of the molecule is CCC(C)(C)CNC(=O)[C@@H](N)CCc1ccccc1. The molecular weight excluding hydrogens is 236 g/mol. The minimum absolute atomic E-state index is 0.0440. The maximum Gasteiger partial charge on any atom is 0.236 e. The van der Waals surface area contributed by atoms with Gasteiger partial charge >= 0.3 is 0 Å². The average Bonchev–Trinajstić information content (AvgIpc) is 2.43. The highest BCUT2D eigenvalue weighted by atomic mass is 16.2. The second-order valence-corrected chi connectivity index (χ2v) is 5.87. The lowest BCUT2D eigenvalue weighted by molar-refractivity contribution is -0.122. The van der Waals surface area contributed by atoms with E-state index in [1.807, 2.05) is 18.2 Å². The van der Waals surface area contributed by atoms with Crippen LogP contribution in [-0.2, 0) is 11.2 Å². The zero-order valence-corrected chi connectivity index (χ0v) is 12.3. The van der Waals surface area contributed by atoms with E-state index in [4.69, 9.17) is 5.73 Å². The number of amides is 1. The molecule has 1 aromatic carbocycles. The van der Waals surface area contributed by atoms with Gasteiger partial charge in [-0.25, -0.2) is 0 Å². The summed E-state index contributed by atoms with van der Waals surface area (Å²) >= 11 is 0. The molecule has 0 spiro atoms. The van der Waals surface area contributed by atoms with Crippen LogP contribution in [0.5, 0.6) is 0 Å². The molecule has 0 aliphatic heterocycles. The van der Waals surface area contributed by atoms with Crippen LogP contribution in [0.3, 0.4) is 0 Å². The summed E-state index contributed by atoms with van der Waals surface area (Å²) in [5, 5.41) is 2.95. The van der Waals surface area contributed by atoms with Gasteiger partial charge in [0.15, 0.2) is 0 Å². The summed E-state index contributed by atoms with van der Waals surface area (Å²) in [6.07, 6.45) is 2.56. The van der Waals surface area contributed by atoms with Gasteiger partial charge in [-0.15, -0.1) is 0 Å². The lowest BCUT2D eigenvalue weighted by Crippen LogP contribution is -2.44. The predicted octanol–water partition coefficient (Wildman–Crippen LogP) is 2.50. The van der Waals surface area contributed by atoms with Crippen molar-refractivity contribution in [3.63, 3.8) is 0 Å². The van der Waals surface area contributed by atoms with E-state index in [9.17, 15) is 4.79 Å². The zero-order valence-electron chi connectivity index (χ0n) is 12.3. The second kappa shape index (κ2) is 7.29. The molecule has 3 nitrogen and oxygen atoms in total. The van der Waals surface area contributed by atoms with Gasteiger partial charge in [-0.2, -0.15) is 0 Å². The van der Waals surface area contributed by atoms with Gasteiger partial charge < -0.3 is 11.1 Å². The molecule has 0 saturated heterocycles. The van der Waals surface area contributed by atoms with Crippen molar-refractivity contribution < 1.29 is 4.79 Å². The first-order valence-corrected chi connectivity index (χ1v) is 7.02. The number of hydrogen-bond donors (Lipinski definition) is 2. The fraction of sp³-hybridized carbons (Fsp3) is 0.562. The van der Waals surface area contributed by atoms with E-state index in [1.165, 1.54) is 5.56 Å². The van der Waals surface area contributed by atoms with Gasteiger partial charge in [-0.3, -0.25) is 4.79 Å². The maximum absolute atomic E-state index is 11.9. The number of aryl methyl sites for hydroxylation is 1. The standard InChI is InChI=1S/C16H26N2O/c1-4-16(2,3)12-18-15(19)14(17)11-10-13-8-6-5-7-9-13/h5-9,14H,4,10-12,17H2,1-3H3,(H,18,19)/t14-/m0/s1. The minimum atomic E-state index is -0.423. The molecule has 3 N–H and O–H groups in total. The Hall–Kier alpha value is -1.35. The normalized spacial score (nSPS) is 13.1. The largest absolute Gasteiger partial charge is 0.354 e. The molecule has 0 radical (unpaired) electrons. The van der Waals surface area contributed by atoms with Crippen LogP contribution >= 0.6 is 0 Å². The number of carbonyl (C=O) groups is 1. The predicted molar refractivity (Wildman–Crippen MR) is 79.8 cm³/mol. The summed E-state index contributed by atoms with van der Waals surface area (Å²) in [5.41, 5.74) is 7.28. The number of carbonyl (C=O) groups excluding carboxylic acids is 1. The first-order chi connectivity index (χ1) is 8.94. The van der Waals surface area contributed by atoms with Crippen LogP contribution in [-0.4, -0.2) is 18.5 Å². The zero-order chi connectivity index (χ0) is 14.3. The number of nitrogens with one attached hydrogen (secondary N) is 1. The van der Waals surface area contributed by atoms with E-state index in [0.29, 0.717) is 13.0 Å². The topological polar surface area (TPSA) is 55.1 Å². The Morgan fingerprint density at radius 2 is 1.95 bits per heavy atom. The lowest BCUT2D eigenvalue weighted by atomic mass is 9.90. The molecule has 1 rings (SSSR count). The third kappa shape index (κ3) is 5.88. The Kier molecular flexibility index (Phi) is 6.03. The van der Waals surface area contributed by atoms with Gasteiger partial charge in [0.1, 0.15) is 0 Å². The molecule has 1 atom stereocenters. The van der Waals surface area contributed by atoms with Crippen molar-refractivity contribution in [1.82, 2.24) is 5.32 Å². The van der Waals surface area contributed by atoms with Crippen LogP contribution < -0.4 is 11.1 Å². The van der Waals surface area contributed by atoms with Gasteiger partial charge in [-0.1, -0.05) is 51.1 Å². The van der Waals surface area contributed by atoms with Crippen molar-refractivity contribution in [3.05, 3.63) is 35.9 Å². The Morgan fingerprint density at radius 1 is 1.32 bits per heavy atom. The molecule has 106 valence electrons. The highest BCUT2D eigenvalue weighted by Crippen LogP contribution is 2.17. The van der Waals surface area contributed by atoms with E-state index in [-0.39, 0.29) is 11.3 Å². The molecule has 19 heavy (non-hydrogen) atoms. The summed E-state index contributed by atoms with van der Waals surface area (Å²) in [6, 6.07) is 9.70. The van der Waals surface area contributed by atoms with Crippen LogP contribution in [0, 0.1) is 5.41 Å². The monoisotopic (exact) mass is 262 g/mol. The maximum atomic E-state index is 11.9. The van der Waals surface area contributed by atoms with Gasteiger partial charge in [0.2, 0.25) is 5.91 Å². The fourth-order valence-corrected chi connectivity index (χ4v) is 1.68. The molecule has 0 unspecified atom stereocenters. The molecule has 0 bridgehead atoms. The smallest absolute Gasteiger partial charge is 0.236 e. The Morgan fingerprint density at radius 3 is 2.53 bits per heavy atom. The molecular formula is C16H26N2O. The molecule has 0 aromatic heterocycles. The number of hydrogen-bond acceptors (Lipinski definition) is 2. The van der Waals surface area contributed by atoms with Gasteiger partial charge in [0.05, 0.1) is 6.04 Å². The lowest BCUT2D eigenvalue weighted by Gasteiger charge is -2.24. The number of rotatable bonds is 7. The van der Waals surface area contributed by atoms with Crippen molar-refractivity contribution in [2.45, 2.75) is 46.1 Å². The highest BCUT2D eigenvalue weighted by Gasteiger charge is 2.19. The van der Waals surface area contributed by atoms with E-state index in [1.54, 1.807) is 0 Å². The van der Waals surface area contributed by atoms with Gasteiger partial charge in [0, 0.05) is 6.54 Å². The highest BCUT2D eigenvalue weighted by molar-refractivity contribution is 5.81. The molecule has 3 heteroatoms. The minimum Gasteiger partial charge on any atom is -0.354 e. The van der Waals surface area contributed by atoms with Crippen molar-refractivity contribution in [1.29, 1.82) is 0 Å². The van der Waals surface area contributed by atoms with Crippen LogP contribution in [0.15, 0.2) is 30.3 Å². The van der Waals surface area contributed by atoms with Crippen LogP contribution in [0.1, 0.15) is 39.2 Å². The van der Waals surface area contributed by atoms with Crippen molar-refractivity contribution in [3.8, 4) is 0 Å². The number of benzene rings is 1. The van der Waals surface area contributed by atoms with E-state index < -0.39 is 6.04 Å². The molecule has 0 aliphatic carbocycles. The molecule has 1 aromatic rings. The third-order valence-corrected chi connectivity index (χ3v) is 3.62. The molecule has 0 heterocycles. The summed E-state index contributed by atoms with van der Waals surface area (Å²) in [6.45, 7) is 7.09. The fourth-order valence-electron chi connectivity index (χ4n) is 1.68. The van der Waals surface area contributed by atoms with Crippen LogP contribution in [0.2, 0.25) is 0 Å². The van der Waals surface area contributed by atoms with Gasteiger partial charge in [-0.05, 0) is 30.2 Å². The summed E-state index contributed by atoms with van der Waals surface area (Å²) < 4.78 is 0. The summed E-state index contributed by atoms with van der Waals surface area (Å²) in [5.74, 6) is -0.0440. The summed E-state index contributed by atoms with van der Waals surface area (Å²) in [7, 11) is 0. The molecule has 0 fully saturated rings. The molecule has 1 amide bonds. The Balaban J connectivity index is 2.33. The van der Waals surface area contributed by atoms with E-state index in [0.717, 1.165) is 12.8 Å². The Bertz CT molecular complexity index is 387. The van der Waals surface area contributed by atoms with E-state index in [2.05, 4.69) is 38.2 Å². The van der Waals surface area contributed by atoms with Crippen molar-refractivity contribution >= 4 is 5.91 Å². The second-order valence-electron chi connectivity index (χ2n) is 5.87. The first kappa shape index (κ1) is 15.7. The van der Waals surface area contributed by atoms with E-state index >= 15 is 0 Å². The van der Waals surface area contributed by atoms with Crippen molar-refractivity contribution in [2.75, 3.05) is 6.54 Å². The van der Waals surface area contributed by atoms with Crippen molar-refractivity contribution in [2.24, 2.45) is 11.1 Å². The third-order valence-electron chi connectivity index (χ3n) is 3.62. The molecule has 0 saturated carbocycles. The quantitative estimate of drug-likeness (QED) is 0.793. The summed E-state index contributed by atoms with van der Waals surface area (Å²) in [4.78, 5) is 11.9. The first-order valence-electron chi connectivity index (χ1n) is 7.02.